The molecule has 0 bridgehead atoms. The summed E-state index contributed by atoms with van der Waals surface area (Å²) in [5.74, 6) is 0.883. The van der Waals surface area contributed by atoms with E-state index in [1.807, 2.05) is 19.9 Å². The molecule has 86 valence electrons. The SMILES string of the molecule is COc1cc(C)c(C(N)CCC#N)cc1C. The van der Waals surface area contributed by atoms with E-state index in [4.69, 9.17) is 15.7 Å². The molecule has 0 heterocycles. The number of rotatable bonds is 4. The summed E-state index contributed by atoms with van der Waals surface area (Å²) >= 11 is 0. The summed E-state index contributed by atoms with van der Waals surface area (Å²) in [5.41, 5.74) is 9.35. The van der Waals surface area contributed by atoms with Gasteiger partial charge >= 0.3 is 0 Å². The standard InChI is InChI=1S/C13H18N2O/c1-9-8-13(16-3)10(2)7-11(9)12(15)5-4-6-14/h7-8,12H,4-5,15H2,1-3H3. The van der Waals surface area contributed by atoms with Gasteiger partial charge in [0, 0.05) is 12.5 Å². The predicted octanol–water partition coefficient (Wildman–Crippen LogP) is 2.62. The van der Waals surface area contributed by atoms with Crippen molar-refractivity contribution in [2.24, 2.45) is 5.73 Å². The molecule has 0 fully saturated rings. The molecule has 0 aliphatic rings. The smallest absolute Gasteiger partial charge is 0.122 e. The fraction of sp³-hybridized carbons (Fsp3) is 0.462. The van der Waals surface area contributed by atoms with E-state index >= 15 is 0 Å². The largest absolute Gasteiger partial charge is 0.496 e. The number of aryl methyl sites for hydroxylation is 2. The molecule has 0 saturated heterocycles. The van der Waals surface area contributed by atoms with E-state index in [9.17, 15) is 0 Å². The highest BCUT2D eigenvalue weighted by Gasteiger charge is 2.11. The van der Waals surface area contributed by atoms with Crippen LogP contribution in [0.3, 0.4) is 0 Å². The maximum Gasteiger partial charge on any atom is 0.122 e. The van der Waals surface area contributed by atoms with Crippen LogP contribution in [-0.2, 0) is 0 Å². The van der Waals surface area contributed by atoms with Gasteiger partial charge in [-0.2, -0.15) is 5.26 Å². The van der Waals surface area contributed by atoms with Crippen molar-refractivity contribution in [1.82, 2.24) is 0 Å². The van der Waals surface area contributed by atoms with Crippen molar-refractivity contribution in [3.8, 4) is 11.8 Å². The maximum absolute atomic E-state index is 8.54. The average Bonchev–Trinajstić information content (AvgIpc) is 2.28. The lowest BCUT2D eigenvalue weighted by molar-refractivity contribution is 0.411. The van der Waals surface area contributed by atoms with Crippen LogP contribution in [0.15, 0.2) is 12.1 Å². The van der Waals surface area contributed by atoms with Crippen molar-refractivity contribution < 1.29 is 4.74 Å². The van der Waals surface area contributed by atoms with Crippen LogP contribution < -0.4 is 10.5 Å². The molecule has 0 spiro atoms. The molecule has 3 nitrogen and oxygen atoms in total. The van der Waals surface area contributed by atoms with Gasteiger partial charge in [0.1, 0.15) is 5.75 Å². The Hall–Kier alpha value is -1.53. The number of ether oxygens (including phenoxy) is 1. The van der Waals surface area contributed by atoms with Crippen LogP contribution in [0.2, 0.25) is 0 Å². The third-order valence-corrected chi connectivity index (χ3v) is 2.75. The summed E-state index contributed by atoms with van der Waals surface area (Å²) in [5, 5.41) is 8.54. The Bertz CT molecular complexity index is 407. The topological polar surface area (TPSA) is 59.0 Å². The molecule has 1 unspecified atom stereocenters. The van der Waals surface area contributed by atoms with E-state index in [-0.39, 0.29) is 6.04 Å². The monoisotopic (exact) mass is 218 g/mol. The molecule has 0 aliphatic heterocycles. The van der Waals surface area contributed by atoms with Gasteiger partial charge in [0.15, 0.2) is 0 Å². The highest BCUT2D eigenvalue weighted by atomic mass is 16.5. The van der Waals surface area contributed by atoms with Gasteiger partial charge in [0.05, 0.1) is 13.2 Å². The molecule has 16 heavy (non-hydrogen) atoms. The Morgan fingerprint density at radius 2 is 2.06 bits per heavy atom. The molecule has 0 amide bonds. The third-order valence-electron chi connectivity index (χ3n) is 2.75. The number of nitrogens with two attached hydrogens (primary N) is 1. The fourth-order valence-corrected chi connectivity index (χ4v) is 1.81. The van der Waals surface area contributed by atoms with Gasteiger partial charge in [-0.25, -0.2) is 0 Å². The summed E-state index contributed by atoms with van der Waals surface area (Å²) in [7, 11) is 1.66. The Kier molecular flexibility index (Phi) is 4.33. The van der Waals surface area contributed by atoms with E-state index in [2.05, 4.69) is 12.1 Å². The molecule has 3 heteroatoms. The number of nitrogens with zero attached hydrogens (tertiary/aromatic N) is 1. The van der Waals surface area contributed by atoms with Gasteiger partial charge in [-0.15, -0.1) is 0 Å². The van der Waals surface area contributed by atoms with E-state index in [1.165, 1.54) is 0 Å². The minimum Gasteiger partial charge on any atom is -0.496 e. The van der Waals surface area contributed by atoms with Gasteiger partial charge in [-0.1, -0.05) is 6.07 Å². The van der Waals surface area contributed by atoms with Crippen LogP contribution in [0.25, 0.3) is 0 Å². The number of hydrogen-bond acceptors (Lipinski definition) is 3. The van der Waals surface area contributed by atoms with Crippen LogP contribution in [0.1, 0.15) is 35.6 Å². The first-order chi connectivity index (χ1) is 7.60. The first-order valence-electron chi connectivity index (χ1n) is 5.37. The first-order valence-corrected chi connectivity index (χ1v) is 5.37. The van der Waals surface area contributed by atoms with Gasteiger partial charge < -0.3 is 10.5 Å². The third kappa shape index (κ3) is 2.74. The van der Waals surface area contributed by atoms with E-state index in [0.717, 1.165) is 22.4 Å². The van der Waals surface area contributed by atoms with Gasteiger partial charge in [-0.05, 0) is 43.0 Å². The molecule has 2 N–H and O–H groups in total. The highest BCUT2D eigenvalue weighted by Crippen LogP contribution is 2.27. The molecule has 1 aromatic rings. The zero-order chi connectivity index (χ0) is 12.1. The fourth-order valence-electron chi connectivity index (χ4n) is 1.81. The molecule has 0 saturated carbocycles. The molecule has 1 atom stereocenters. The second-order valence-electron chi connectivity index (χ2n) is 3.98. The van der Waals surface area contributed by atoms with Gasteiger partial charge in [0.25, 0.3) is 0 Å². The predicted molar refractivity (Wildman–Crippen MR) is 64.2 cm³/mol. The average molecular weight is 218 g/mol. The van der Waals surface area contributed by atoms with Crippen molar-refractivity contribution >= 4 is 0 Å². The summed E-state index contributed by atoms with van der Waals surface area (Å²) in [6, 6.07) is 6.10. The van der Waals surface area contributed by atoms with E-state index in [0.29, 0.717) is 12.8 Å². The second-order valence-corrected chi connectivity index (χ2v) is 3.98. The van der Waals surface area contributed by atoms with E-state index in [1.54, 1.807) is 7.11 Å². The Labute approximate surface area is 96.8 Å². The zero-order valence-electron chi connectivity index (χ0n) is 10.1. The normalized spacial score (nSPS) is 11.9. The molecule has 0 radical (unpaired) electrons. The van der Waals surface area contributed by atoms with Gasteiger partial charge in [0.2, 0.25) is 0 Å². The van der Waals surface area contributed by atoms with Crippen LogP contribution in [0, 0.1) is 25.2 Å². The Balaban J connectivity index is 2.97. The maximum atomic E-state index is 8.54. The minimum absolute atomic E-state index is 0.0655. The summed E-state index contributed by atoms with van der Waals surface area (Å²) in [6.45, 7) is 4.02. The first kappa shape index (κ1) is 12.5. The lowest BCUT2D eigenvalue weighted by Crippen LogP contribution is -2.12. The number of hydrogen-bond donors (Lipinski definition) is 1. The van der Waals surface area contributed by atoms with Crippen molar-refractivity contribution in [3.05, 3.63) is 28.8 Å². The Morgan fingerprint density at radius 3 is 2.62 bits per heavy atom. The number of benzene rings is 1. The molecule has 1 aromatic carbocycles. The van der Waals surface area contributed by atoms with Crippen LogP contribution >= 0.6 is 0 Å². The lowest BCUT2D eigenvalue weighted by Gasteiger charge is -2.16. The zero-order valence-corrected chi connectivity index (χ0v) is 10.1. The summed E-state index contributed by atoms with van der Waals surface area (Å²) < 4.78 is 5.25. The van der Waals surface area contributed by atoms with Crippen molar-refractivity contribution in [3.63, 3.8) is 0 Å². The van der Waals surface area contributed by atoms with Crippen LogP contribution in [-0.4, -0.2) is 7.11 Å². The van der Waals surface area contributed by atoms with Crippen molar-refractivity contribution in [1.29, 1.82) is 5.26 Å². The van der Waals surface area contributed by atoms with Crippen molar-refractivity contribution in [2.75, 3.05) is 7.11 Å². The van der Waals surface area contributed by atoms with Gasteiger partial charge in [-0.3, -0.25) is 0 Å². The summed E-state index contributed by atoms with van der Waals surface area (Å²) in [6.07, 6.45) is 1.19. The molecular formula is C13H18N2O. The van der Waals surface area contributed by atoms with Crippen molar-refractivity contribution in [2.45, 2.75) is 32.7 Å². The molecule has 0 aliphatic carbocycles. The Morgan fingerprint density at radius 1 is 1.38 bits per heavy atom. The highest BCUT2D eigenvalue weighted by molar-refractivity contribution is 5.42. The lowest BCUT2D eigenvalue weighted by atomic mass is 9.96. The van der Waals surface area contributed by atoms with E-state index < -0.39 is 0 Å². The molecule has 1 rings (SSSR count). The number of nitriles is 1. The summed E-state index contributed by atoms with van der Waals surface area (Å²) in [4.78, 5) is 0. The van der Waals surface area contributed by atoms with Crippen LogP contribution in [0.4, 0.5) is 0 Å². The second kappa shape index (κ2) is 5.53. The quantitative estimate of drug-likeness (QED) is 0.845. The molecule has 0 aromatic heterocycles. The minimum atomic E-state index is -0.0655. The van der Waals surface area contributed by atoms with Crippen LogP contribution in [0.5, 0.6) is 5.75 Å². The number of methoxy groups -OCH3 is 1. The molecular weight excluding hydrogens is 200 g/mol.